The Morgan fingerprint density at radius 3 is 2.67 bits per heavy atom. The summed E-state index contributed by atoms with van der Waals surface area (Å²) in [6, 6.07) is 7.92. The molecular formula is C15H16O2S. The quantitative estimate of drug-likeness (QED) is 0.857. The van der Waals surface area contributed by atoms with Gasteiger partial charge in [-0.05, 0) is 42.0 Å². The maximum absolute atomic E-state index is 12.1. The smallest absolute Gasteiger partial charge is 0.177 e. The van der Waals surface area contributed by atoms with E-state index in [0.29, 0.717) is 6.42 Å². The summed E-state index contributed by atoms with van der Waals surface area (Å²) in [5.74, 6) is 0.117. The average molecular weight is 260 g/mol. The molecule has 0 bridgehead atoms. The van der Waals surface area contributed by atoms with Gasteiger partial charge in [-0.15, -0.1) is 11.3 Å². The molecule has 2 rings (SSSR count). The molecule has 1 heterocycles. The fourth-order valence-electron chi connectivity index (χ4n) is 1.91. The standard InChI is InChI=1S/C15H16O2S/c1-10-3-4-13(11(2)5-10)7-14(17)15-6-12(8-16)9-18-15/h3-6,9,16H,7-8H2,1-2H3. The highest BCUT2D eigenvalue weighted by Gasteiger charge is 2.11. The normalized spacial score (nSPS) is 10.6. The van der Waals surface area contributed by atoms with Crippen LogP contribution in [0.4, 0.5) is 0 Å². The summed E-state index contributed by atoms with van der Waals surface area (Å²) >= 11 is 1.40. The minimum Gasteiger partial charge on any atom is -0.392 e. The molecule has 0 unspecified atom stereocenters. The lowest BCUT2D eigenvalue weighted by molar-refractivity contribution is 0.0996. The summed E-state index contributed by atoms with van der Waals surface area (Å²) < 4.78 is 0. The fourth-order valence-corrected chi connectivity index (χ4v) is 2.75. The van der Waals surface area contributed by atoms with Crippen molar-refractivity contribution in [1.29, 1.82) is 0 Å². The lowest BCUT2D eigenvalue weighted by atomic mass is 10.0. The van der Waals surface area contributed by atoms with Crippen molar-refractivity contribution in [2.24, 2.45) is 0 Å². The summed E-state index contributed by atoms with van der Waals surface area (Å²) in [5.41, 5.74) is 4.25. The Bertz CT molecular complexity index is 570. The van der Waals surface area contributed by atoms with Gasteiger partial charge >= 0.3 is 0 Å². The van der Waals surface area contributed by atoms with Gasteiger partial charge in [0.1, 0.15) is 0 Å². The molecule has 0 amide bonds. The predicted molar refractivity (Wildman–Crippen MR) is 74.2 cm³/mol. The zero-order valence-electron chi connectivity index (χ0n) is 10.6. The number of hydrogen-bond acceptors (Lipinski definition) is 3. The molecule has 2 nitrogen and oxygen atoms in total. The number of rotatable bonds is 4. The van der Waals surface area contributed by atoms with Gasteiger partial charge < -0.3 is 5.11 Å². The van der Waals surface area contributed by atoms with E-state index < -0.39 is 0 Å². The Balaban J connectivity index is 2.16. The van der Waals surface area contributed by atoms with Crippen LogP contribution < -0.4 is 0 Å². The van der Waals surface area contributed by atoms with E-state index in [1.165, 1.54) is 16.9 Å². The molecule has 0 aliphatic rings. The number of ketones is 1. The number of hydrogen-bond donors (Lipinski definition) is 1. The summed E-state index contributed by atoms with van der Waals surface area (Å²) in [6.07, 6.45) is 0.428. The van der Waals surface area contributed by atoms with E-state index in [2.05, 4.69) is 6.07 Å². The number of aliphatic hydroxyl groups is 1. The van der Waals surface area contributed by atoms with Crippen molar-refractivity contribution in [1.82, 2.24) is 0 Å². The second-order valence-corrected chi connectivity index (χ2v) is 5.42. The van der Waals surface area contributed by atoms with Crippen LogP contribution in [0.25, 0.3) is 0 Å². The first-order chi connectivity index (χ1) is 8.60. The summed E-state index contributed by atoms with van der Waals surface area (Å²) in [7, 11) is 0. The van der Waals surface area contributed by atoms with Crippen LogP contribution in [0.2, 0.25) is 0 Å². The number of Topliss-reactive ketones (excluding diaryl/α,β-unsaturated/α-hetero) is 1. The van der Waals surface area contributed by atoms with Crippen LogP contribution in [0.1, 0.15) is 31.9 Å². The average Bonchev–Trinajstić information content (AvgIpc) is 2.81. The van der Waals surface area contributed by atoms with Gasteiger partial charge in [-0.3, -0.25) is 4.79 Å². The molecule has 18 heavy (non-hydrogen) atoms. The van der Waals surface area contributed by atoms with E-state index in [0.717, 1.165) is 21.6 Å². The van der Waals surface area contributed by atoms with E-state index in [4.69, 9.17) is 5.11 Å². The Morgan fingerprint density at radius 1 is 1.28 bits per heavy atom. The molecule has 1 aromatic heterocycles. The molecule has 0 spiro atoms. The van der Waals surface area contributed by atoms with Crippen molar-refractivity contribution in [2.75, 3.05) is 0 Å². The third kappa shape index (κ3) is 2.86. The van der Waals surface area contributed by atoms with Crippen LogP contribution >= 0.6 is 11.3 Å². The van der Waals surface area contributed by atoms with Crippen molar-refractivity contribution in [3.8, 4) is 0 Å². The van der Waals surface area contributed by atoms with Crippen molar-refractivity contribution in [2.45, 2.75) is 26.9 Å². The highest BCUT2D eigenvalue weighted by atomic mass is 32.1. The second kappa shape index (κ2) is 5.46. The molecule has 0 fully saturated rings. The predicted octanol–water partition coefficient (Wildman–Crippen LogP) is 3.28. The highest BCUT2D eigenvalue weighted by Crippen LogP contribution is 2.19. The summed E-state index contributed by atoms with van der Waals surface area (Å²) in [6.45, 7) is 4.07. The van der Waals surface area contributed by atoms with Crippen LogP contribution in [0, 0.1) is 13.8 Å². The second-order valence-electron chi connectivity index (χ2n) is 4.51. The molecule has 1 aromatic carbocycles. The number of thiophene rings is 1. The fraction of sp³-hybridized carbons (Fsp3) is 0.267. The Kier molecular flexibility index (Phi) is 3.94. The molecule has 1 N–H and O–H groups in total. The van der Waals surface area contributed by atoms with Crippen molar-refractivity contribution in [3.05, 3.63) is 56.8 Å². The van der Waals surface area contributed by atoms with E-state index in [1.807, 2.05) is 31.4 Å². The minimum absolute atomic E-state index is 0.00661. The Labute approximate surface area is 111 Å². The molecule has 0 aliphatic heterocycles. The van der Waals surface area contributed by atoms with E-state index in [9.17, 15) is 4.79 Å². The SMILES string of the molecule is Cc1ccc(CC(=O)c2cc(CO)cs2)c(C)c1. The monoisotopic (exact) mass is 260 g/mol. The van der Waals surface area contributed by atoms with Gasteiger partial charge in [0.15, 0.2) is 5.78 Å². The van der Waals surface area contributed by atoms with Gasteiger partial charge in [0, 0.05) is 6.42 Å². The van der Waals surface area contributed by atoms with Crippen LogP contribution in [0.15, 0.2) is 29.6 Å². The van der Waals surface area contributed by atoms with Gasteiger partial charge in [-0.25, -0.2) is 0 Å². The van der Waals surface area contributed by atoms with Crippen LogP contribution in [0.5, 0.6) is 0 Å². The molecule has 0 saturated carbocycles. The zero-order valence-corrected chi connectivity index (χ0v) is 11.4. The third-order valence-electron chi connectivity index (χ3n) is 2.96. The van der Waals surface area contributed by atoms with Crippen molar-refractivity contribution in [3.63, 3.8) is 0 Å². The highest BCUT2D eigenvalue weighted by molar-refractivity contribution is 7.12. The Hall–Kier alpha value is -1.45. The molecule has 94 valence electrons. The lowest BCUT2D eigenvalue weighted by Gasteiger charge is -2.05. The van der Waals surface area contributed by atoms with Crippen LogP contribution in [0.3, 0.4) is 0 Å². The molecule has 3 heteroatoms. The maximum atomic E-state index is 12.1. The topological polar surface area (TPSA) is 37.3 Å². The summed E-state index contributed by atoms with van der Waals surface area (Å²) in [4.78, 5) is 12.8. The lowest BCUT2D eigenvalue weighted by Crippen LogP contribution is -2.03. The first kappa shape index (κ1) is 13.0. The van der Waals surface area contributed by atoms with Gasteiger partial charge in [-0.2, -0.15) is 0 Å². The number of benzene rings is 1. The first-order valence-corrected chi connectivity index (χ1v) is 6.75. The van der Waals surface area contributed by atoms with Gasteiger partial charge in [0.2, 0.25) is 0 Å². The van der Waals surface area contributed by atoms with Gasteiger partial charge in [-0.1, -0.05) is 23.8 Å². The van der Waals surface area contributed by atoms with Gasteiger partial charge in [0.25, 0.3) is 0 Å². The Morgan fingerprint density at radius 2 is 2.06 bits per heavy atom. The van der Waals surface area contributed by atoms with Crippen LogP contribution in [-0.2, 0) is 13.0 Å². The van der Waals surface area contributed by atoms with Gasteiger partial charge in [0.05, 0.1) is 11.5 Å². The maximum Gasteiger partial charge on any atom is 0.177 e. The minimum atomic E-state index is -0.00661. The van der Waals surface area contributed by atoms with Crippen molar-refractivity contribution < 1.29 is 9.90 Å². The van der Waals surface area contributed by atoms with E-state index in [1.54, 1.807) is 6.07 Å². The van der Waals surface area contributed by atoms with Crippen molar-refractivity contribution >= 4 is 17.1 Å². The molecule has 0 aliphatic carbocycles. The summed E-state index contributed by atoms with van der Waals surface area (Å²) in [5, 5.41) is 10.8. The number of carbonyl (C=O) groups excluding carboxylic acids is 1. The van der Waals surface area contributed by atoms with E-state index in [-0.39, 0.29) is 12.4 Å². The van der Waals surface area contributed by atoms with E-state index >= 15 is 0 Å². The van der Waals surface area contributed by atoms with Crippen LogP contribution in [-0.4, -0.2) is 10.9 Å². The first-order valence-electron chi connectivity index (χ1n) is 5.87. The third-order valence-corrected chi connectivity index (χ3v) is 3.98. The molecule has 0 atom stereocenters. The molecule has 0 saturated heterocycles. The number of aryl methyl sites for hydroxylation is 2. The zero-order chi connectivity index (χ0) is 13.1. The molecule has 0 radical (unpaired) electrons. The number of carbonyl (C=O) groups is 1. The largest absolute Gasteiger partial charge is 0.392 e. The number of aliphatic hydroxyl groups excluding tert-OH is 1. The molecular weight excluding hydrogens is 244 g/mol. The molecule has 2 aromatic rings.